The zero-order chi connectivity index (χ0) is 23.8. The highest BCUT2D eigenvalue weighted by Gasteiger charge is 2.31. The predicted molar refractivity (Wildman–Crippen MR) is 121 cm³/mol. The van der Waals surface area contributed by atoms with Crippen molar-refractivity contribution in [1.29, 1.82) is 0 Å². The number of pyridine rings is 1. The molecule has 0 amide bonds. The maximum Gasteiger partial charge on any atom is 0.416 e. The standard InChI is InChI=1S/C24H26F3N3O3/c1-13-6-20(30-14(2)15-7-16(24(25,26)27)9-17(28)8-15)19-10-23(33-18-4-5-32-12-18)22(31-3)11-21(19)29-13/h6-11,14,18H,4-5,12,28H2,1-3H3,(H,29,30)/t14?,18-/m0/s1. The van der Waals surface area contributed by atoms with Crippen LogP contribution in [0.4, 0.5) is 24.5 Å². The number of nitrogens with zero attached hydrogens (tertiary/aromatic N) is 1. The first kappa shape index (κ1) is 23.0. The molecule has 0 radical (unpaired) electrons. The van der Waals surface area contributed by atoms with Gasteiger partial charge in [0.15, 0.2) is 11.5 Å². The predicted octanol–water partition coefficient (Wildman–Crippen LogP) is 5.49. The summed E-state index contributed by atoms with van der Waals surface area (Å²) >= 11 is 0. The van der Waals surface area contributed by atoms with E-state index in [4.69, 9.17) is 19.9 Å². The van der Waals surface area contributed by atoms with Gasteiger partial charge in [0.1, 0.15) is 6.10 Å². The zero-order valence-corrected chi connectivity index (χ0v) is 18.6. The minimum absolute atomic E-state index is 0.0587. The molecule has 2 atom stereocenters. The first-order valence-corrected chi connectivity index (χ1v) is 10.6. The molecule has 1 saturated heterocycles. The molecule has 33 heavy (non-hydrogen) atoms. The van der Waals surface area contributed by atoms with E-state index in [0.29, 0.717) is 35.8 Å². The topological polar surface area (TPSA) is 78.6 Å². The number of aromatic nitrogens is 1. The van der Waals surface area contributed by atoms with Gasteiger partial charge in [-0.2, -0.15) is 13.2 Å². The van der Waals surface area contributed by atoms with Crippen molar-refractivity contribution in [2.45, 2.75) is 38.6 Å². The average molecular weight is 461 g/mol. The Morgan fingerprint density at radius 3 is 2.61 bits per heavy atom. The second-order valence-electron chi connectivity index (χ2n) is 8.19. The lowest BCUT2D eigenvalue weighted by atomic mass is 10.0. The molecule has 1 unspecified atom stereocenters. The quantitative estimate of drug-likeness (QED) is 0.473. The normalized spacial score (nSPS) is 17.2. The van der Waals surface area contributed by atoms with Crippen LogP contribution in [0.1, 0.15) is 36.2 Å². The molecule has 0 bridgehead atoms. The molecular formula is C24H26F3N3O3. The maximum absolute atomic E-state index is 13.3. The number of halogens is 3. The number of ether oxygens (including phenoxy) is 3. The molecule has 9 heteroatoms. The number of aryl methyl sites for hydroxylation is 1. The number of fused-ring (bicyclic) bond motifs is 1. The summed E-state index contributed by atoms with van der Waals surface area (Å²) in [5.74, 6) is 1.11. The largest absolute Gasteiger partial charge is 0.493 e. The van der Waals surface area contributed by atoms with Crippen LogP contribution in [-0.4, -0.2) is 31.4 Å². The number of hydrogen-bond acceptors (Lipinski definition) is 6. The number of nitrogen functional groups attached to an aromatic ring is 1. The molecule has 1 aliphatic heterocycles. The number of rotatable bonds is 6. The number of hydrogen-bond donors (Lipinski definition) is 2. The Hall–Kier alpha value is -3.20. The minimum Gasteiger partial charge on any atom is -0.493 e. The van der Waals surface area contributed by atoms with Gasteiger partial charge < -0.3 is 25.3 Å². The molecule has 0 aliphatic carbocycles. The number of methoxy groups -OCH3 is 1. The molecule has 3 aromatic rings. The fraction of sp³-hybridized carbons (Fsp3) is 0.375. The fourth-order valence-corrected chi connectivity index (χ4v) is 3.93. The van der Waals surface area contributed by atoms with Crippen LogP contribution in [0.3, 0.4) is 0 Å². The van der Waals surface area contributed by atoms with Gasteiger partial charge in [-0.1, -0.05) is 0 Å². The highest BCUT2D eigenvalue weighted by molar-refractivity contribution is 5.94. The smallest absolute Gasteiger partial charge is 0.416 e. The summed E-state index contributed by atoms with van der Waals surface area (Å²) in [5, 5.41) is 4.09. The van der Waals surface area contributed by atoms with Gasteiger partial charge in [-0.05, 0) is 49.7 Å². The lowest BCUT2D eigenvalue weighted by molar-refractivity contribution is -0.137. The highest BCUT2D eigenvalue weighted by Crippen LogP contribution is 2.38. The lowest BCUT2D eigenvalue weighted by Gasteiger charge is -2.21. The van der Waals surface area contributed by atoms with E-state index < -0.39 is 17.8 Å². The Kier molecular flexibility index (Phi) is 6.25. The third-order valence-corrected chi connectivity index (χ3v) is 5.58. The maximum atomic E-state index is 13.3. The summed E-state index contributed by atoms with van der Waals surface area (Å²) in [7, 11) is 1.56. The molecule has 1 fully saturated rings. The van der Waals surface area contributed by atoms with E-state index >= 15 is 0 Å². The molecule has 176 valence electrons. The van der Waals surface area contributed by atoms with Gasteiger partial charge in [-0.3, -0.25) is 4.98 Å². The van der Waals surface area contributed by atoms with Crippen LogP contribution in [0.15, 0.2) is 36.4 Å². The van der Waals surface area contributed by atoms with E-state index in [1.807, 2.05) is 19.1 Å². The SMILES string of the molecule is COc1cc2nc(C)cc(NC(C)c3cc(N)cc(C(F)(F)F)c3)c2cc1O[C@H]1CCOC1. The Bertz CT molecular complexity index is 1160. The van der Waals surface area contributed by atoms with Gasteiger partial charge in [0.05, 0.1) is 31.4 Å². The molecule has 6 nitrogen and oxygen atoms in total. The van der Waals surface area contributed by atoms with Crippen molar-refractivity contribution in [2.75, 3.05) is 31.4 Å². The van der Waals surface area contributed by atoms with Gasteiger partial charge >= 0.3 is 6.18 Å². The second kappa shape index (κ2) is 8.97. The van der Waals surface area contributed by atoms with Crippen LogP contribution in [0, 0.1) is 6.92 Å². The van der Waals surface area contributed by atoms with Gasteiger partial charge in [0.2, 0.25) is 0 Å². The Morgan fingerprint density at radius 1 is 1.15 bits per heavy atom. The van der Waals surface area contributed by atoms with E-state index in [0.717, 1.165) is 35.3 Å². The lowest BCUT2D eigenvalue weighted by Crippen LogP contribution is -2.16. The Labute approximate surface area is 189 Å². The summed E-state index contributed by atoms with van der Waals surface area (Å²) in [6, 6.07) is 8.63. The van der Waals surface area contributed by atoms with E-state index in [9.17, 15) is 13.2 Å². The minimum atomic E-state index is -4.48. The first-order chi connectivity index (χ1) is 15.6. The third kappa shape index (κ3) is 5.08. The van der Waals surface area contributed by atoms with Crippen molar-refractivity contribution in [3.05, 3.63) is 53.2 Å². The highest BCUT2D eigenvalue weighted by atomic mass is 19.4. The zero-order valence-electron chi connectivity index (χ0n) is 18.6. The summed E-state index contributed by atoms with van der Waals surface area (Å²) < 4.78 is 56.8. The number of nitrogens with one attached hydrogen (secondary N) is 1. The van der Waals surface area contributed by atoms with Gasteiger partial charge in [-0.15, -0.1) is 0 Å². The summed E-state index contributed by atoms with van der Waals surface area (Å²) in [6.07, 6.45) is -3.76. The molecule has 2 aromatic carbocycles. The number of anilines is 2. The van der Waals surface area contributed by atoms with Crippen LogP contribution < -0.4 is 20.5 Å². The van der Waals surface area contributed by atoms with E-state index in [1.54, 1.807) is 26.2 Å². The van der Waals surface area contributed by atoms with Crippen LogP contribution >= 0.6 is 0 Å². The van der Waals surface area contributed by atoms with Crippen LogP contribution in [0.5, 0.6) is 11.5 Å². The number of nitrogens with two attached hydrogens (primary N) is 1. The monoisotopic (exact) mass is 461 g/mol. The average Bonchev–Trinajstić information content (AvgIpc) is 3.25. The van der Waals surface area contributed by atoms with Crippen LogP contribution in [0.25, 0.3) is 10.9 Å². The fourth-order valence-electron chi connectivity index (χ4n) is 3.93. The molecule has 4 rings (SSSR count). The summed E-state index contributed by atoms with van der Waals surface area (Å²) in [4.78, 5) is 4.59. The third-order valence-electron chi connectivity index (χ3n) is 5.58. The molecule has 0 spiro atoms. The Balaban J connectivity index is 1.71. The number of alkyl halides is 3. The number of benzene rings is 2. The van der Waals surface area contributed by atoms with Gasteiger partial charge in [-0.25, -0.2) is 0 Å². The van der Waals surface area contributed by atoms with E-state index in [-0.39, 0.29) is 11.8 Å². The van der Waals surface area contributed by atoms with Crippen molar-refractivity contribution in [2.24, 2.45) is 0 Å². The van der Waals surface area contributed by atoms with Gasteiger partial charge in [0, 0.05) is 41.0 Å². The van der Waals surface area contributed by atoms with Crippen LogP contribution in [0.2, 0.25) is 0 Å². The van der Waals surface area contributed by atoms with Crippen molar-refractivity contribution in [3.8, 4) is 11.5 Å². The molecule has 1 aromatic heterocycles. The van der Waals surface area contributed by atoms with Crippen LogP contribution in [-0.2, 0) is 10.9 Å². The van der Waals surface area contributed by atoms with Crippen molar-refractivity contribution >= 4 is 22.3 Å². The van der Waals surface area contributed by atoms with Crippen molar-refractivity contribution in [3.63, 3.8) is 0 Å². The second-order valence-corrected chi connectivity index (χ2v) is 8.19. The molecule has 2 heterocycles. The van der Waals surface area contributed by atoms with Crippen molar-refractivity contribution in [1.82, 2.24) is 4.98 Å². The molecular weight excluding hydrogens is 435 g/mol. The van der Waals surface area contributed by atoms with Gasteiger partial charge in [0.25, 0.3) is 0 Å². The molecule has 0 saturated carbocycles. The Morgan fingerprint density at radius 2 is 1.94 bits per heavy atom. The van der Waals surface area contributed by atoms with E-state index in [2.05, 4.69) is 10.3 Å². The first-order valence-electron chi connectivity index (χ1n) is 10.6. The van der Waals surface area contributed by atoms with E-state index in [1.165, 1.54) is 0 Å². The summed E-state index contributed by atoms with van der Waals surface area (Å²) in [5.41, 5.74) is 7.61. The summed E-state index contributed by atoms with van der Waals surface area (Å²) in [6.45, 7) is 4.79. The molecule has 3 N–H and O–H groups in total. The molecule has 1 aliphatic rings. The van der Waals surface area contributed by atoms with Crippen molar-refractivity contribution < 1.29 is 27.4 Å².